The summed E-state index contributed by atoms with van der Waals surface area (Å²) in [7, 11) is 0. The fourth-order valence-corrected chi connectivity index (χ4v) is 3.19. The number of nitrogens with two attached hydrogens (primary N) is 1. The summed E-state index contributed by atoms with van der Waals surface area (Å²) in [5.41, 5.74) is 8.81. The molecule has 1 amide bonds. The lowest BCUT2D eigenvalue weighted by atomic mass is 10.0. The third kappa shape index (κ3) is 6.53. The molecule has 1 aromatic heterocycles. The molecule has 0 aliphatic carbocycles. The van der Waals surface area contributed by atoms with Gasteiger partial charge in [0.25, 0.3) is 0 Å². The third-order valence-corrected chi connectivity index (χ3v) is 5.30. The number of pyridine rings is 1. The highest BCUT2D eigenvalue weighted by Gasteiger charge is 2.15. The number of carbonyl (C=O) groups is 1. The van der Waals surface area contributed by atoms with Crippen LogP contribution < -0.4 is 16.4 Å². The Morgan fingerprint density at radius 2 is 1.97 bits per heavy atom. The van der Waals surface area contributed by atoms with Crippen LogP contribution >= 0.6 is 0 Å². The first-order valence-electron chi connectivity index (χ1n) is 10.5. The number of nitrogens with one attached hydrogen (secondary N) is 2. The summed E-state index contributed by atoms with van der Waals surface area (Å²) in [6.07, 6.45) is 2.02. The summed E-state index contributed by atoms with van der Waals surface area (Å²) in [6, 6.07) is 8.94. The molecule has 4 N–H and O–H groups in total. The molecule has 0 aliphatic rings. The number of rotatable bonds is 9. The molecule has 6 nitrogen and oxygen atoms in total. The highest BCUT2D eigenvalue weighted by molar-refractivity contribution is 6.08. The van der Waals surface area contributed by atoms with E-state index in [1.807, 2.05) is 25.1 Å². The minimum absolute atomic E-state index is 0.189. The lowest BCUT2D eigenvalue weighted by molar-refractivity contribution is -0.115. The molecule has 2 atom stereocenters. The van der Waals surface area contributed by atoms with Crippen molar-refractivity contribution in [3.63, 3.8) is 0 Å². The van der Waals surface area contributed by atoms with Crippen molar-refractivity contribution in [3.8, 4) is 0 Å². The van der Waals surface area contributed by atoms with E-state index < -0.39 is 0 Å². The maximum absolute atomic E-state index is 11.4. The Balaban J connectivity index is 2.23. The Bertz CT molecular complexity index is 875. The van der Waals surface area contributed by atoms with Crippen LogP contribution in [-0.4, -0.2) is 35.4 Å². The lowest BCUT2D eigenvalue weighted by Gasteiger charge is -2.25. The Hall–Kier alpha value is -2.47. The first-order valence-corrected chi connectivity index (χ1v) is 10.5. The number of fused-ring (bicyclic) bond motifs is 1. The van der Waals surface area contributed by atoms with Crippen LogP contribution in [0, 0.1) is 12.8 Å². The van der Waals surface area contributed by atoms with Crippen molar-refractivity contribution in [2.45, 2.75) is 66.5 Å². The molecule has 1 aromatic carbocycles. The van der Waals surface area contributed by atoms with Gasteiger partial charge >= 0.3 is 0 Å². The highest BCUT2D eigenvalue weighted by Crippen LogP contribution is 2.22. The monoisotopic (exact) mass is 397 g/mol. The molecule has 6 heteroatoms. The van der Waals surface area contributed by atoms with Gasteiger partial charge in [-0.3, -0.25) is 4.79 Å². The number of nitrogens with zero attached hydrogens (tertiary/aromatic N) is 2. The molecule has 158 valence electrons. The molecule has 2 unspecified atom stereocenters. The van der Waals surface area contributed by atoms with Gasteiger partial charge in [0.05, 0.1) is 11.1 Å². The molecule has 0 saturated heterocycles. The second kappa shape index (κ2) is 10.3. The number of aromatic nitrogens is 1. The topological polar surface area (TPSA) is 92.4 Å². The van der Waals surface area contributed by atoms with Crippen LogP contribution in [0.1, 0.15) is 58.6 Å². The number of hydrogen-bond acceptors (Lipinski definition) is 4. The van der Waals surface area contributed by atoms with Crippen LogP contribution in [-0.2, 0) is 4.79 Å². The van der Waals surface area contributed by atoms with Crippen molar-refractivity contribution in [1.29, 1.82) is 0 Å². The predicted octanol–water partition coefficient (Wildman–Crippen LogP) is 4.01. The van der Waals surface area contributed by atoms with Crippen molar-refractivity contribution in [2.24, 2.45) is 16.6 Å². The van der Waals surface area contributed by atoms with Crippen molar-refractivity contribution < 1.29 is 4.79 Å². The molecule has 0 saturated carbocycles. The van der Waals surface area contributed by atoms with E-state index in [0.29, 0.717) is 29.4 Å². The van der Waals surface area contributed by atoms with E-state index in [1.165, 1.54) is 6.92 Å². The van der Waals surface area contributed by atoms with Crippen LogP contribution in [0.25, 0.3) is 10.9 Å². The molecule has 0 spiro atoms. The first kappa shape index (κ1) is 22.8. The minimum atomic E-state index is -0.323. The van der Waals surface area contributed by atoms with E-state index in [4.69, 9.17) is 10.7 Å². The van der Waals surface area contributed by atoms with Crippen molar-refractivity contribution in [2.75, 3.05) is 11.9 Å². The number of carbonyl (C=O) groups excluding carboxylic acids is 1. The standard InChI is InChI=1S/C23H35N5O/c1-7-19(26-16(5)14(2)3)10-11-25-23-20(22(24)27-17(6)29)13-18-12-15(4)8-9-21(18)28-23/h8-9,12-14,16,19,26H,7,10-11H2,1-6H3,(H,25,28)(H2,24,27,29). The zero-order valence-electron chi connectivity index (χ0n) is 18.5. The van der Waals surface area contributed by atoms with E-state index in [-0.39, 0.29) is 11.7 Å². The van der Waals surface area contributed by atoms with Crippen LogP contribution in [0.3, 0.4) is 0 Å². The largest absolute Gasteiger partial charge is 0.383 e. The smallest absolute Gasteiger partial charge is 0.244 e. The van der Waals surface area contributed by atoms with Gasteiger partial charge in [0.2, 0.25) is 5.91 Å². The average molecular weight is 398 g/mol. The Morgan fingerprint density at radius 1 is 1.24 bits per heavy atom. The zero-order valence-corrected chi connectivity index (χ0v) is 18.5. The summed E-state index contributed by atoms with van der Waals surface area (Å²) in [4.78, 5) is 20.1. The fourth-order valence-electron chi connectivity index (χ4n) is 3.19. The third-order valence-electron chi connectivity index (χ3n) is 5.30. The SMILES string of the molecule is CCC(CCNc1nc2ccc(C)cc2cc1C(N)=NC(C)=O)NC(C)C(C)C. The van der Waals surface area contributed by atoms with Gasteiger partial charge in [-0.1, -0.05) is 32.4 Å². The molecule has 2 rings (SSSR count). The van der Waals surface area contributed by atoms with E-state index in [0.717, 1.165) is 35.9 Å². The second-order valence-electron chi connectivity index (χ2n) is 8.12. The predicted molar refractivity (Wildman–Crippen MR) is 123 cm³/mol. The summed E-state index contributed by atoms with van der Waals surface area (Å²) in [5.74, 6) is 1.12. The van der Waals surface area contributed by atoms with Gasteiger partial charge in [-0.25, -0.2) is 4.98 Å². The minimum Gasteiger partial charge on any atom is -0.383 e. The van der Waals surface area contributed by atoms with E-state index in [2.05, 4.69) is 49.4 Å². The van der Waals surface area contributed by atoms with Crippen LogP contribution in [0.15, 0.2) is 29.3 Å². The van der Waals surface area contributed by atoms with Gasteiger partial charge in [-0.2, -0.15) is 4.99 Å². The summed E-state index contributed by atoms with van der Waals surface area (Å²) >= 11 is 0. The number of anilines is 1. The van der Waals surface area contributed by atoms with Crippen LogP contribution in [0.2, 0.25) is 0 Å². The first-order chi connectivity index (χ1) is 13.7. The van der Waals surface area contributed by atoms with Crippen molar-refractivity contribution in [1.82, 2.24) is 10.3 Å². The quantitative estimate of drug-likeness (QED) is 0.439. The van der Waals surface area contributed by atoms with Crippen LogP contribution in [0.4, 0.5) is 5.82 Å². The Labute approximate surface area is 174 Å². The highest BCUT2D eigenvalue weighted by atomic mass is 16.1. The van der Waals surface area contributed by atoms with Crippen molar-refractivity contribution >= 4 is 28.5 Å². The maximum Gasteiger partial charge on any atom is 0.244 e. The number of aliphatic imine (C=N–C) groups is 1. The zero-order chi connectivity index (χ0) is 21.6. The number of benzene rings is 1. The van der Waals surface area contributed by atoms with Gasteiger partial charge in [0.15, 0.2) is 0 Å². The van der Waals surface area contributed by atoms with Gasteiger partial charge in [0, 0.05) is 30.9 Å². The lowest BCUT2D eigenvalue weighted by Crippen LogP contribution is -2.40. The normalized spacial score (nSPS) is 14.2. The van der Waals surface area contributed by atoms with E-state index in [1.54, 1.807) is 0 Å². The number of amidine groups is 1. The van der Waals surface area contributed by atoms with Gasteiger partial charge in [-0.05, 0) is 50.8 Å². The summed E-state index contributed by atoms with van der Waals surface area (Å²) < 4.78 is 0. The fraction of sp³-hybridized carbons (Fsp3) is 0.522. The van der Waals surface area contributed by atoms with Gasteiger partial charge in [-0.15, -0.1) is 0 Å². The number of hydrogen-bond donors (Lipinski definition) is 3. The van der Waals surface area contributed by atoms with Gasteiger partial charge in [0.1, 0.15) is 11.7 Å². The molecule has 1 heterocycles. The summed E-state index contributed by atoms with van der Waals surface area (Å²) in [6.45, 7) is 13.1. The second-order valence-corrected chi connectivity index (χ2v) is 8.12. The number of amides is 1. The Kier molecular flexibility index (Phi) is 8.14. The molecule has 0 fully saturated rings. The van der Waals surface area contributed by atoms with Crippen molar-refractivity contribution in [3.05, 3.63) is 35.4 Å². The van der Waals surface area contributed by atoms with E-state index in [9.17, 15) is 4.79 Å². The van der Waals surface area contributed by atoms with E-state index >= 15 is 0 Å². The van der Waals surface area contributed by atoms with Crippen LogP contribution in [0.5, 0.6) is 0 Å². The summed E-state index contributed by atoms with van der Waals surface area (Å²) in [5, 5.41) is 8.09. The molecule has 0 bridgehead atoms. The maximum atomic E-state index is 11.4. The number of aryl methyl sites for hydroxylation is 1. The molecular formula is C23H35N5O. The molecular weight excluding hydrogens is 362 g/mol. The Morgan fingerprint density at radius 3 is 2.59 bits per heavy atom. The molecule has 0 aliphatic heterocycles. The molecule has 0 radical (unpaired) electrons. The molecule has 29 heavy (non-hydrogen) atoms. The average Bonchev–Trinajstić information content (AvgIpc) is 2.65. The molecule has 2 aromatic rings. The van der Waals surface area contributed by atoms with Gasteiger partial charge < -0.3 is 16.4 Å².